The van der Waals surface area contributed by atoms with E-state index in [1.807, 2.05) is 6.92 Å². The first-order valence-corrected chi connectivity index (χ1v) is 5.32. The van der Waals surface area contributed by atoms with Crippen LogP contribution in [0.3, 0.4) is 0 Å². The Balaban J connectivity index is 2.20. The van der Waals surface area contributed by atoms with Crippen molar-refractivity contribution in [3.8, 4) is 0 Å². The van der Waals surface area contributed by atoms with Gasteiger partial charge in [-0.05, 0) is 32.1 Å². The zero-order valence-corrected chi connectivity index (χ0v) is 8.74. The van der Waals surface area contributed by atoms with Crippen LogP contribution in [0, 0.1) is 5.92 Å². The van der Waals surface area contributed by atoms with Gasteiger partial charge in [-0.2, -0.15) is 0 Å². The molecule has 0 saturated carbocycles. The van der Waals surface area contributed by atoms with Gasteiger partial charge in [0.15, 0.2) is 0 Å². The van der Waals surface area contributed by atoms with Gasteiger partial charge < -0.3 is 4.74 Å². The third-order valence-corrected chi connectivity index (χ3v) is 2.36. The van der Waals surface area contributed by atoms with Crippen molar-refractivity contribution < 1.29 is 9.53 Å². The van der Waals surface area contributed by atoms with Crippen molar-refractivity contribution in [3.63, 3.8) is 0 Å². The van der Waals surface area contributed by atoms with Crippen LogP contribution in [-0.2, 0) is 9.53 Å². The molecule has 1 unspecified atom stereocenters. The van der Waals surface area contributed by atoms with Gasteiger partial charge in [0.25, 0.3) is 0 Å². The number of carbonyl (C=O) groups excluding carboxylic acids is 1. The predicted molar refractivity (Wildman–Crippen MR) is 56.9 cm³/mol. The minimum absolute atomic E-state index is 0.0712. The fraction of sp³-hybridized carbons (Fsp3) is 0.583. The molecule has 14 heavy (non-hydrogen) atoms. The van der Waals surface area contributed by atoms with E-state index in [9.17, 15) is 4.79 Å². The Hall–Kier alpha value is -1.05. The van der Waals surface area contributed by atoms with Crippen molar-refractivity contribution in [3.05, 3.63) is 24.3 Å². The molecule has 1 rings (SSSR count). The van der Waals surface area contributed by atoms with E-state index in [1.165, 1.54) is 0 Å². The molecular formula is C12H18O2. The monoisotopic (exact) mass is 194 g/mol. The summed E-state index contributed by atoms with van der Waals surface area (Å²) in [5.41, 5.74) is 0. The molecule has 0 saturated heterocycles. The van der Waals surface area contributed by atoms with Crippen LogP contribution >= 0.6 is 0 Å². The molecule has 1 aliphatic carbocycles. The summed E-state index contributed by atoms with van der Waals surface area (Å²) >= 11 is 0. The third-order valence-electron chi connectivity index (χ3n) is 2.36. The van der Waals surface area contributed by atoms with Gasteiger partial charge >= 0.3 is 5.97 Å². The first kappa shape index (κ1) is 11.0. The number of ether oxygens (including phenoxy) is 1. The smallest absolute Gasteiger partial charge is 0.305 e. The van der Waals surface area contributed by atoms with Crippen LogP contribution in [0.4, 0.5) is 0 Å². The second-order valence-electron chi connectivity index (χ2n) is 3.49. The Morgan fingerprint density at radius 2 is 2.36 bits per heavy atom. The van der Waals surface area contributed by atoms with E-state index in [1.54, 1.807) is 0 Å². The van der Waals surface area contributed by atoms with Crippen molar-refractivity contribution in [1.82, 2.24) is 0 Å². The molecule has 0 spiro atoms. The number of hydrogen-bond acceptors (Lipinski definition) is 2. The maximum absolute atomic E-state index is 11.1. The van der Waals surface area contributed by atoms with Gasteiger partial charge in [-0.15, -0.1) is 0 Å². The highest BCUT2D eigenvalue weighted by molar-refractivity contribution is 5.69. The largest absolute Gasteiger partial charge is 0.466 e. The van der Waals surface area contributed by atoms with Crippen molar-refractivity contribution >= 4 is 5.97 Å². The van der Waals surface area contributed by atoms with E-state index < -0.39 is 0 Å². The number of rotatable bonds is 4. The second kappa shape index (κ2) is 6.41. The van der Waals surface area contributed by atoms with E-state index in [0.717, 1.165) is 19.3 Å². The van der Waals surface area contributed by atoms with Crippen LogP contribution in [0.25, 0.3) is 0 Å². The first-order valence-electron chi connectivity index (χ1n) is 5.32. The van der Waals surface area contributed by atoms with Crippen LogP contribution in [0.5, 0.6) is 0 Å². The van der Waals surface area contributed by atoms with Gasteiger partial charge in [-0.25, -0.2) is 0 Å². The molecule has 0 amide bonds. The van der Waals surface area contributed by atoms with Crippen molar-refractivity contribution in [1.29, 1.82) is 0 Å². The number of hydrogen-bond donors (Lipinski definition) is 0. The summed E-state index contributed by atoms with van der Waals surface area (Å²) in [7, 11) is 0. The lowest BCUT2D eigenvalue weighted by Gasteiger charge is -2.09. The molecule has 0 aliphatic heterocycles. The fourth-order valence-electron chi connectivity index (χ4n) is 1.58. The van der Waals surface area contributed by atoms with Gasteiger partial charge in [0.1, 0.15) is 0 Å². The van der Waals surface area contributed by atoms with Crippen LogP contribution in [-0.4, -0.2) is 12.6 Å². The van der Waals surface area contributed by atoms with Crippen LogP contribution in [0.1, 0.15) is 32.6 Å². The highest BCUT2D eigenvalue weighted by atomic mass is 16.5. The molecular weight excluding hydrogens is 176 g/mol. The molecule has 1 atom stereocenters. The van der Waals surface area contributed by atoms with Crippen LogP contribution < -0.4 is 0 Å². The van der Waals surface area contributed by atoms with E-state index >= 15 is 0 Å². The van der Waals surface area contributed by atoms with Crippen molar-refractivity contribution in [2.75, 3.05) is 6.61 Å². The van der Waals surface area contributed by atoms with Crippen LogP contribution in [0.15, 0.2) is 24.3 Å². The molecule has 0 aromatic heterocycles. The lowest BCUT2D eigenvalue weighted by Crippen LogP contribution is -2.06. The summed E-state index contributed by atoms with van der Waals surface area (Å²) in [6.07, 6.45) is 12.2. The highest BCUT2D eigenvalue weighted by Crippen LogP contribution is 2.18. The van der Waals surface area contributed by atoms with Gasteiger partial charge in [0, 0.05) is 6.42 Å². The average Bonchev–Trinajstić information content (AvgIpc) is 2.43. The quantitative estimate of drug-likeness (QED) is 0.643. The van der Waals surface area contributed by atoms with Crippen LogP contribution in [0.2, 0.25) is 0 Å². The molecule has 0 aromatic carbocycles. The maximum Gasteiger partial charge on any atom is 0.305 e. The Morgan fingerprint density at radius 3 is 3.14 bits per heavy atom. The SMILES string of the molecule is CCOC(=O)CCC1C=CC=CCC1. The van der Waals surface area contributed by atoms with E-state index in [0.29, 0.717) is 18.9 Å². The minimum Gasteiger partial charge on any atom is -0.466 e. The molecule has 2 heteroatoms. The highest BCUT2D eigenvalue weighted by Gasteiger charge is 2.09. The first-order chi connectivity index (χ1) is 6.83. The molecule has 0 radical (unpaired) electrons. The number of allylic oxidation sites excluding steroid dienone is 4. The lowest BCUT2D eigenvalue weighted by molar-refractivity contribution is -0.143. The van der Waals surface area contributed by atoms with E-state index in [-0.39, 0.29) is 5.97 Å². The molecule has 0 fully saturated rings. The number of esters is 1. The standard InChI is InChI=1S/C12H18O2/c1-2-14-12(13)10-9-11-7-5-3-4-6-8-11/h3-5,7,11H,2,6,8-10H2,1H3. The molecule has 2 nitrogen and oxygen atoms in total. The molecule has 0 heterocycles. The number of carbonyl (C=O) groups is 1. The fourth-order valence-corrected chi connectivity index (χ4v) is 1.58. The van der Waals surface area contributed by atoms with E-state index in [4.69, 9.17) is 4.74 Å². The third kappa shape index (κ3) is 4.26. The minimum atomic E-state index is -0.0712. The topological polar surface area (TPSA) is 26.3 Å². The molecule has 0 bridgehead atoms. The molecule has 0 aromatic rings. The summed E-state index contributed by atoms with van der Waals surface area (Å²) in [6.45, 7) is 2.33. The van der Waals surface area contributed by atoms with Crippen molar-refractivity contribution in [2.24, 2.45) is 5.92 Å². The predicted octanol–water partition coefficient (Wildman–Crippen LogP) is 2.85. The summed E-state index contributed by atoms with van der Waals surface area (Å²) < 4.78 is 4.89. The Morgan fingerprint density at radius 1 is 1.50 bits per heavy atom. The summed E-state index contributed by atoms with van der Waals surface area (Å²) in [5, 5.41) is 0. The zero-order valence-electron chi connectivity index (χ0n) is 8.74. The van der Waals surface area contributed by atoms with Crippen molar-refractivity contribution in [2.45, 2.75) is 32.6 Å². The summed E-state index contributed by atoms with van der Waals surface area (Å²) in [5.74, 6) is 0.465. The second-order valence-corrected chi connectivity index (χ2v) is 3.49. The maximum atomic E-state index is 11.1. The Bertz CT molecular complexity index is 228. The van der Waals surface area contributed by atoms with Gasteiger partial charge in [-0.1, -0.05) is 24.3 Å². The Labute approximate surface area is 85.6 Å². The van der Waals surface area contributed by atoms with Gasteiger partial charge in [0.2, 0.25) is 0 Å². The average molecular weight is 194 g/mol. The van der Waals surface area contributed by atoms with Gasteiger partial charge in [-0.3, -0.25) is 4.79 Å². The molecule has 1 aliphatic rings. The molecule has 78 valence electrons. The molecule has 0 N–H and O–H groups in total. The van der Waals surface area contributed by atoms with E-state index in [2.05, 4.69) is 24.3 Å². The Kier molecular flexibility index (Phi) is 5.05. The lowest BCUT2D eigenvalue weighted by atomic mass is 9.98. The summed E-state index contributed by atoms with van der Waals surface area (Å²) in [4.78, 5) is 11.1. The van der Waals surface area contributed by atoms with Gasteiger partial charge in [0.05, 0.1) is 6.61 Å². The normalized spacial score (nSPS) is 20.5. The summed E-state index contributed by atoms with van der Waals surface area (Å²) in [6, 6.07) is 0. The zero-order chi connectivity index (χ0) is 10.2.